The first-order chi connectivity index (χ1) is 14.2. The van der Waals surface area contributed by atoms with E-state index in [2.05, 4.69) is 10.1 Å². The molecule has 0 radical (unpaired) electrons. The number of alkyl halides is 3. The maximum atomic E-state index is 12.8. The second kappa shape index (κ2) is 9.05. The highest BCUT2D eigenvalue weighted by Gasteiger charge is 2.32. The molecule has 1 saturated heterocycles. The standard InChI is InChI=1S/C20H21F3N2O4S/c21-20(22,23)29-18-10-3-2-7-16(18)14-24-19(26)15-8-6-9-17(13-15)30(27,28)25-11-4-1-5-12-25/h2-3,6-10,13H,1,4-5,11-12,14H2,(H,24,26). The Bertz CT molecular complexity index is 1000. The summed E-state index contributed by atoms with van der Waals surface area (Å²) < 4.78 is 68.5. The van der Waals surface area contributed by atoms with Gasteiger partial charge in [0.1, 0.15) is 5.75 Å². The fourth-order valence-electron chi connectivity index (χ4n) is 3.20. The largest absolute Gasteiger partial charge is 0.573 e. The highest BCUT2D eigenvalue weighted by atomic mass is 32.2. The first-order valence-corrected chi connectivity index (χ1v) is 10.8. The second-order valence-electron chi connectivity index (χ2n) is 6.83. The third-order valence-electron chi connectivity index (χ3n) is 4.69. The molecule has 0 saturated carbocycles. The van der Waals surface area contributed by atoms with Crippen molar-refractivity contribution in [2.45, 2.75) is 37.1 Å². The Kier molecular flexibility index (Phi) is 6.67. The third kappa shape index (κ3) is 5.51. The summed E-state index contributed by atoms with van der Waals surface area (Å²) in [5.41, 5.74) is 0.238. The van der Waals surface area contributed by atoms with Crippen molar-refractivity contribution in [3.05, 3.63) is 59.7 Å². The van der Waals surface area contributed by atoms with Crippen LogP contribution in [0.5, 0.6) is 5.75 Å². The number of halogens is 3. The molecule has 0 atom stereocenters. The van der Waals surface area contributed by atoms with Crippen LogP contribution in [0.3, 0.4) is 0 Å². The van der Waals surface area contributed by atoms with E-state index in [1.54, 1.807) is 0 Å². The predicted octanol–water partition coefficient (Wildman–Crippen LogP) is 3.69. The summed E-state index contributed by atoms with van der Waals surface area (Å²) in [4.78, 5) is 12.5. The number of benzene rings is 2. The summed E-state index contributed by atoms with van der Waals surface area (Å²) >= 11 is 0. The Balaban J connectivity index is 1.72. The zero-order valence-electron chi connectivity index (χ0n) is 16.0. The number of ether oxygens (including phenoxy) is 1. The van der Waals surface area contributed by atoms with Gasteiger partial charge in [-0.2, -0.15) is 4.31 Å². The van der Waals surface area contributed by atoms with Gasteiger partial charge in [-0.05, 0) is 37.1 Å². The van der Waals surface area contributed by atoms with Crippen LogP contribution in [-0.4, -0.2) is 38.1 Å². The lowest BCUT2D eigenvalue weighted by Gasteiger charge is -2.26. The summed E-state index contributed by atoms with van der Waals surface area (Å²) in [6.45, 7) is 0.664. The van der Waals surface area contributed by atoms with Gasteiger partial charge in [-0.1, -0.05) is 30.7 Å². The molecule has 162 valence electrons. The molecule has 3 rings (SSSR count). The normalized spacial score (nSPS) is 15.6. The summed E-state index contributed by atoms with van der Waals surface area (Å²) in [5.74, 6) is -1.01. The fraction of sp³-hybridized carbons (Fsp3) is 0.350. The van der Waals surface area contributed by atoms with Crippen LogP contribution in [0.15, 0.2) is 53.4 Å². The van der Waals surface area contributed by atoms with Gasteiger partial charge in [0.25, 0.3) is 5.91 Å². The average Bonchev–Trinajstić information content (AvgIpc) is 2.72. The number of sulfonamides is 1. The maximum absolute atomic E-state index is 12.8. The Morgan fingerprint density at radius 3 is 2.43 bits per heavy atom. The Labute approximate surface area is 172 Å². The molecule has 2 aromatic carbocycles. The lowest BCUT2D eigenvalue weighted by atomic mass is 10.1. The van der Waals surface area contributed by atoms with Crippen molar-refractivity contribution in [1.82, 2.24) is 9.62 Å². The van der Waals surface area contributed by atoms with E-state index >= 15 is 0 Å². The van der Waals surface area contributed by atoms with Gasteiger partial charge >= 0.3 is 6.36 Å². The van der Waals surface area contributed by atoms with Gasteiger partial charge in [0.15, 0.2) is 0 Å². The molecule has 1 aliphatic rings. The zero-order valence-corrected chi connectivity index (χ0v) is 16.8. The highest BCUT2D eigenvalue weighted by Crippen LogP contribution is 2.26. The van der Waals surface area contributed by atoms with E-state index < -0.39 is 28.0 Å². The zero-order chi connectivity index (χ0) is 21.8. The number of hydrogen-bond donors (Lipinski definition) is 1. The highest BCUT2D eigenvalue weighted by molar-refractivity contribution is 7.89. The molecule has 1 fully saturated rings. The molecule has 6 nitrogen and oxygen atoms in total. The van der Waals surface area contributed by atoms with E-state index in [1.807, 2.05) is 0 Å². The maximum Gasteiger partial charge on any atom is 0.573 e. The van der Waals surface area contributed by atoms with Crippen molar-refractivity contribution in [2.24, 2.45) is 0 Å². The number of para-hydroxylation sites is 1. The van der Waals surface area contributed by atoms with Crippen molar-refractivity contribution in [2.75, 3.05) is 13.1 Å². The average molecular weight is 442 g/mol. The summed E-state index contributed by atoms with van der Waals surface area (Å²) in [6.07, 6.45) is -2.29. The van der Waals surface area contributed by atoms with E-state index in [1.165, 1.54) is 46.8 Å². The van der Waals surface area contributed by atoms with Crippen molar-refractivity contribution < 1.29 is 31.1 Å². The number of piperidine rings is 1. The lowest BCUT2D eigenvalue weighted by molar-refractivity contribution is -0.274. The predicted molar refractivity (Wildman–Crippen MR) is 103 cm³/mol. The van der Waals surface area contributed by atoms with Gasteiger partial charge < -0.3 is 10.1 Å². The van der Waals surface area contributed by atoms with E-state index in [0.29, 0.717) is 13.1 Å². The summed E-state index contributed by atoms with van der Waals surface area (Å²) in [7, 11) is -3.70. The summed E-state index contributed by atoms with van der Waals surface area (Å²) in [6, 6.07) is 11.1. The van der Waals surface area contributed by atoms with Crippen LogP contribution >= 0.6 is 0 Å². The van der Waals surface area contributed by atoms with Crippen LogP contribution in [-0.2, 0) is 16.6 Å². The Morgan fingerprint density at radius 1 is 1.03 bits per heavy atom. The van der Waals surface area contributed by atoms with E-state index in [4.69, 9.17) is 0 Å². The van der Waals surface area contributed by atoms with Crippen LogP contribution in [0.1, 0.15) is 35.2 Å². The van der Waals surface area contributed by atoms with Crippen LogP contribution in [0.4, 0.5) is 13.2 Å². The minimum Gasteiger partial charge on any atom is -0.405 e. The number of carbonyl (C=O) groups excluding carboxylic acids is 1. The topological polar surface area (TPSA) is 75.7 Å². The number of amides is 1. The second-order valence-corrected chi connectivity index (χ2v) is 8.77. The van der Waals surface area contributed by atoms with E-state index in [-0.39, 0.29) is 22.6 Å². The van der Waals surface area contributed by atoms with E-state index in [9.17, 15) is 26.4 Å². The molecule has 0 spiro atoms. The van der Waals surface area contributed by atoms with Crippen molar-refractivity contribution in [3.63, 3.8) is 0 Å². The first-order valence-electron chi connectivity index (χ1n) is 9.39. The van der Waals surface area contributed by atoms with Gasteiger partial charge in [-0.3, -0.25) is 4.79 Å². The molecule has 30 heavy (non-hydrogen) atoms. The molecule has 10 heteroatoms. The number of rotatable bonds is 6. The van der Waals surface area contributed by atoms with Crippen molar-refractivity contribution >= 4 is 15.9 Å². The van der Waals surface area contributed by atoms with E-state index in [0.717, 1.165) is 25.3 Å². The molecule has 0 unspecified atom stereocenters. The molecule has 1 heterocycles. The van der Waals surface area contributed by atoms with Gasteiger partial charge in [0.05, 0.1) is 4.90 Å². The van der Waals surface area contributed by atoms with Gasteiger partial charge in [0.2, 0.25) is 10.0 Å². The molecular formula is C20H21F3N2O4S. The van der Waals surface area contributed by atoms with Gasteiger partial charge in [-0.25, -0.2) is 8.42 Å². The summed E-state index contributed by atoms with van der Waals surface area (Å²) in [5, 5.41) is 2.50. The first kappa shape index (κ1) is 22.1. The number of nitrogens with one attached hydrogen (secondary N) is 1. The molecule has 0 aliphatic carbocycles. The number of carbonyl (C=O) groups is 1. The minimum absolute atomic E-state index is 0.0119. The van der Waals surface area contributed by atoms with Gasteiger partial charge in [-0.15, -0.1) is 13.2 Å². The number of hydrogen-bond acceptors (Lipinski definition) is 4. The molecular weight excluding hydrogens is 421 g/mol. The lowest BCUT2D eigenvalue weighted by Crippen LogP contribution is -2.35. The van der Waals surface area contributed by atoms with Crippen LogP contribution in [0.2, 0.25) is 0 Å². The Hall–Kier alpha value is -2.59. The minimum atomic E-state index is -4.85. The van der Waals surface area contributed by atoms with Gasteiger partial charge in [0, 0.05) is 30.8 Å². The molecule has 1 amide bonds. The SMILES string of the molecule is O=C(NCc1ccccc1OC(F)(F)F)c1cccc(S(=O)(=O)N2CCCCC2)c1. The fourth-order valence-corrected chi connectivity index (χ4v) is 4.77. The Morgan fingerprint density at radius 2 is 1.73 bits per heavy atom. The van der Waals surface area contributed by atoms with Crippen LogP contribution < -0.4 is 10.1 Å². The molecule has 0 bridgehead atoms. The number of nitrogens with zero attached hydrogens (tertiary/aromatic N) is 1. The molecule has 2 aromatic rings. The van der Waals surface area contributed by atoms with Crippen molar-refractivity contribution in [1.29, 1.82) is 0 Å². The quantitative estimate of drug-likeness (QED) is 0.741. The monoisotopic (exact) mass is 442 g/mol. The molecule has 1 aliphatic heterocycles. The van der Waals surface area contributed by atoms with Crippen molar-refractivity contribution in [3.8, 4) is 5.75 Å². The van der Waals surface area contributed by atoms with Crippen LogP contribution in [0.25, 0.3) is 0 Å². The molecule has 0 aromatic heterocycles. The smallest absolute Gasteiger partial charge is 0.405 e. The third-order valence-corrected chi connectivity index (χ3v) is 6.58. The molecule has 1 N–H and O–H groups in total. The van der Waals surface area contributed by atoms with Crippen LogP contribution in [0, 0.1) is 0 Å².